The molecule has 1 N–H and O–H groups in total. The lowest BCUT2D eigenvalue weighted by Gasteiger charge is -2.03. The highest BCUT2D eigenvalue weighted by atomic mass is 35.5. The van der Waals surface area contributed by atoms with E-state index in [-0.39, 0.29) is 22.8 Å². The van der Waals surface area contributed by atoms with E-state index < -0.39 is 11.8 Å². The zero-order valence-electron chi connectivity index (χ0n) is 14.6. The van der Waals surface area contributed by atoms with E-state index in [0.717, 1.165) is 0 Å². The second kappa shape index (κ2) is 6.98. The van der Waals surface area contributed by atoms with E-state index in [1.165, 1.54) is 25.3 Å². The highest BCUT2D eigenvalue weighted by Gasteiger charge is 2.25. The van der Waals surface area contributed by atoms with Crippen LogP contribution < -0.4 is 5.32 Å². The molecule has 2 heterocycles. The second-order valence-electron chi connectivity index (χ2n) is 6.09. The quantitative estimate of drug-likeness (QED) is 0.497. The van der Waals surface area contributed by atoms with Gasteiger partial charge in [-0.05, 0) is 54.6 Å². The number of anilines is 1. The molecule has 1 amide bonds. The predicted molar refractivity (Wildman–Crippen MR) is 103 cm³/mol. The Bertz CT molecular complexity index is 1150. The number of halogens is 2. The molecular formula is C21H13ClFNO4. The summed E-state index contributed by atoms with van der Waals surface area (Å²) in [5.74, 6) is -0.826. The molecule has 0 atom stereocenters. The van der Waals surface area contributed by atoms with Crippen LogP contribution in [0.4, 0.5) is 10.1 Å². The molecule has 0 unspecified atom stereocenters. The molecule has 140 valence electrons. The molecule has 7 heteroatoms. The lowest BCUT2D eigenvalue weighted by molar-refractivity contribution is -0.110. The van der Waals surface area contributed by atoms with Crippen LogP contribution in [0.2, 0.25) is 5.02 Å². The maximum absolute atomic E-state index is 14.2. The van der Waals surface area contributed by atoms with Gasteiger partial charge in [-0.1, -0.05) is 11.6 Å². The van der Waals surface area contributed by atoms with Crippen molar-refractivity contribution in [2.24, 2.45) is 0 Å². The molecule has 1 aliphatic heterocycles. The predicted octanol–water partition coefficient (Wildman–Crippen LogP) is 5.02. The number of carbonyl (C=O) groups is 2. The lowest BCUT2D eigenvalue weighted by Crippen LogP contribution is -2.03. The van der Waals surface area contributed by atoms with Crippen molar-refractivity contribution in [3.8, 4) is 11.3 Å². The van der Waals surface area contributed by atoms with E-state index in [2.05, 4.69) is 10.1 Å². The van der Waals surface area contributed by atoms with E-state index in [0.29, 0.717) is 27.6 Å². The summed E-state index contributed by atoms with van der Waals surface area (Å²) in [4.78, 5) is 23.9. The Balaban J connectivity index is 1.72. The van der Waals surface area contributed by atoms with Gasteiger partial charge in [-0.25, -0.2) is 9.18 Å². The molecule has 0 saturated heterocycles. The number of amides is 1. The summed E-state index contributed by atoms with van der Waals surface area (Å²) in [5, 5.41) is 3.25. The first-order chi connectivity index (χ1) is 13.5. The lowest BCUT2D eigenvalue weighted by atomic mass is 10.1. The Labute approximate surface area is 164 Å². The number of furan rings is 1. The molecular weight excluding hydrogens is 385 g/mol. The van der Waals surface area contributed by atoms with E-state index in [1.54, 1.807) is 36.4 Å². The number of fused-ring (bicyclic) bond motifs is 1. The van der Waals surface area contributed by atoms with Crippen LogP contribution in [-0.2, 0) is 9.53 Å². The largest absolute Gasteiger partial charge is 0.465 e. The van der Waals surface area contributed by atoms with Crippen molar-refractivity contribution in [1.29, 1.82) is 0 Å². The third-order valence-electron chi connectivity index (χ3n) is 4.33. The van der Waals surface area contributed by atoms with Gasteiger partial charge in [-0.2, -0.15) is 0 Å². The van der Waals surface area contributed by atoms with Crippen LogP contribution in [0.15, 0.2) is 52.9 Å². The number of hydrogen-bond acceptors (Lipinski definition) is 4. The minimum absolute atomic E-state index is 0.117. The van der Waals surface area contributed by atoms with Gasteiger partial charge in [-0.3, -0.25) is 4.79 Å². The standard InChI is InChI=1S/C21H13ClFNO4/c1-27-21(26)11-2-5-17(23)16(8-11)19-7-4-13(28-19)10-15-14-9-12(22)3-6-18(14)24-20(15)25/h2-10H,1H3,(H,24,25)/b15-10-. The summed E-state index contributed by atoms with van der Waals surface area (Å²) in [6.45, 7) is 0. The van der Waals surface area contributed by atoms with Gasteiger partial charge in [-0.15, -0.1) is 0 Å². The van der Waals surface area contributed by atoms with Crippen LogP contribution in [0.5, 0.6) is 0 Å². The number of methoxy groups -OCH3 is 1. The molecule has 0 spiro atoms. The van der Waals surface area contributed by atoms with Gasteiger partial charge in [0, 0.05) is 16.3 Å². The first-order valence-electron chi connectivity index (χ1n) is 8.27. The monoisotopic (exact) mass is 397 g/mol. The van der Waals surface area contributed by atoms with E-state index in [1.807, 2.05) is 0 Å². The number of benzene rings is 2. The third-order valence-corrected chi connectivity index (χ3v) is 4.57. The summed E-state index contributed by atoms with van der Waals surface area (Å²) in [6.07, 6.45) is 1.56. The van der Waals surface area contributed by atoms with Crippen molar-refractivity contribution in [2.75, 3.05) is 12.4 Å². The van der Waals surface area contributed by atoms with Gasteiger partial charge in [0.2, 0.25) is 0 Å². The smallest absolute Gasteiger partial charge is 0.337 e. The summed E-state index contributed by atoms with van der Waals surface area (Å²) >= 11 is 6.02. The molecule has 28 heavy (non-hydrogen) atoms. The fraction of sp³-hybridized carbons (Fsp3) is 0.0476. The van der Waals surface area contributed by atoms with Gasteiger partial charge in [0.1, 0.15) is 17.3 Å². The molecule has 2 aromatic carbocycles. The van der Waals surface area contributed by atoms with Gasteiger partial charge in [0.15, 0.2) is 0 Å². The SMILES string of the molecule is COC(=O)c1ccc(F)c(-c2ccc(/C=C3\C(=O)Nc4ccc(Cl)cc43)o2)c1. The molecule has 0 saturated carbocycles. The number of ether oxygens (including phenoxy) is 1. The molecule has 0 fully saturated rings. The second-order valence-corrected chi connectivity index (χ2v) is 6.53. The summed E-state index contributed by atoms with van der Waals surface area (Å²) < 4.78 is 24.6. The Morgan fingerprint density at radius 1 is 1.14 bits per heavy atom. The maximum atomic E-state index is 14.2. The molecule has 5 nitrogen and oxygen atoms in total. The average molecular weight is 398 g/mol. The van der Waals surface area contributed by atoms with Crippen LogP contribution in [0.3, 0.4) is 0 Å². The number of hydrogen-bond donors (Lipinski definition) is 1. The Hall–Kier alpha value is -3.38. The highest BCUT2D eigenvalue weighted by molar-refractivity contribution is 6.36. The van der Waals surface area contributed by atoms with Crippen molar-refractivity contribution in [2.45, 2.75) is 0 Å². The Morgan fingerprint density at radius 3 is 2.75 bits per heavy atom. The zero-order chi connectivity index (χ0) is 19.8. The van der Waals surface area contributed by atoms with E-state index >= 15 is 0 Å². The number of rotatable bonds is 3. The highest BCUT2D eigenvalue weighted by Crippen LogP contribution is 2.36. The van der Waals surface area contributed by atoms with Crippen molar-refractivity contribution >= 4 is 40.8 Å². The summed E-state index contributed by atoms with van der Waals surface area (Å²) in [7, 11) is 1.25. The van der Waals surface area contributed by atoms with Crippen LogP contribution in [0.1, 0.15) is 21.7 Å². The number of nitrogens with one attached hydrogen (secondary N) is 1. The third kappa shape index (κ3) is 3.18. The minimum Gasteiger partial charge on any atom is -0.465 e. The summed E-state index contributed by atoms with van der Waals surface area (Å²) in [5.41, 5.74) is 2.03. The van der Waals surface area contributed by atoms with Gasteiger partial charge in [0.05, 0.1) is 23.8 Å². The zero-order valence-corrected chi connectivity index (χ0v) is 15.3. The van der Waals surface area contributed by atoms with Crippen molar-refractivity contribution in [3.05, 3.63) is 76.3 Å². The minimum atomic E-state index is -0.578. The maximum Gasteiger partial charge on any atom is 0.337 e. The molecule has 1 aliphatic rings. The molecule has 0 radical (unpaired) electrons. The van der Waals surface area contributed by atoms with E-state index in [4.69, 9.17) is 16.0 Å². The van der Waals surface area contributed by atoms with Crippen LogP contribution in [-0.4, -0.2) is 19.0 Å². The van der Waals surface area contributed by atoms with Crippen molar-refractivity contribution in [3.63, 3.8) is 0 Å². The first-order valence-corrected chi connectivity index (χ1v) is 8.65. The van der Waals surface area contributed by atoms with Crippen molar-refractivity contribution < 1.29 is 23.1 Å². The van der Waals surface area contributed by atoms with E-state index in [9.17, 15) is 14.0 Å². The fourth-order valence-corrected chi connectivity index (χ4v) is 3.15. The van der Waals surface area contributed by atoms with Gasteiger partial charge in [0.25, 0.3) is 5.91 Å². The molecule has 3 aromatic rings. The average Bonchev–Trinajstić information content (AvgIpc) is 3.27. The topological polar surface area (TPSA) is 68.5 Å². The summed E-state index contributed by atoms with van der Waals surface area (Å²) in [6, 6.07) is 12.1. The van der Waals surface area contributed by atoms with Crippen molar-refractivity contribution in [1.82, 2.24) is 0 Å². The first kappa shape index (κ1) is 18.0. The molecule has 0 bridgehead atoms. The van der Waals surface area contributed by atoms with Crippen LogP contribution in [0.25, 0.3) is 23.0 Å². The molecule has 1 aromatic heterocycles. The van der Waals surface area contributed by atoms with Gasteiger partial charge >= 0.3 is 5.97 Å². The number of esters is 1. The normalized spacial score (nSPS) is 14.1. The fourth-order valence-electron chi connectivity index (χ4n) is 2.98. The van der Waals surface area contributed by atoms with Gasteiger partial charge < -0.3 is 14.5 Å². The Morgan fingerprint density at radius 2 is 1.96 bits per heavy atom. The van der Waals surface area contributed by atoms with Crippen LogP contribution >= 0.6 is 11.6 Å². The molecule has 0 aliphatic carbocycles. The van der Waals surface area contributed by atoms with Crippen LogP contribution in [0, 0.1) is 5.82 Å². The number of carbonyl (C=O) groups excluding carboxylic acids is 2. The Kier molecular flexibility index (Phi) is 4.49. The molecule has 4 rings (SSSR count).